The number of methoxy groups -OCH3 is 1. The van der Waals surface area contributed by atoms with Crippen molar-refractivity contribution in [3.63, 3.8) is 0 Å². The highest BCUT2D eigenvalue weighted by Crippen LogP contribution is 2.26. The first-order valence-electron chi connectivity index (χ1n) is 8.87. The van der Waals surface area contributed by atoms with Crippen LogP contribution in [0, 0.1) is 0 Å². The SMILES string of the molecule is COc1cc(CCNC(=O)NCc2ccc(COCC(F)(F)F)cc2)ccc1O. The van der Waals surface area contributed by atoms with Gasteiger partial charge in [-0.05, 0) is 35.2 Å². The number of urea groups is 1. The number of amides is 2. The zero-order chi connectivity index (χ0) is 21.3. The van der Waals surface area contributed by atoms with Gasteiger partial charge in [-0.25, -0.2) is 4.79 Å². The molecule has 0 aliphatic heterocycles. The number of ether oxygens (including phenoxy) is 2. The van der Waals surface area contributed by atoms with E-state index in [4.69, 9.17) is 4.74 Å². The molecule has 0 aliphatic rings. The van der Waals surface area contributed by atoms with E-state index in [1.165, 1.54) is 13.2 Å². The monoisotopic (exact) mass is 412 g/mol. The first-order chi connectivity index (χ1) is 13.8. The maximum Gasteiger partial charge on any atom is 0.411 e. The number of phenols is 1. The van der Waals surface area contributed by atoms with Gasteiger partial charge in [-0.1, -0.05) is 30.3 Å². The fraction of sp³-hybridized carbons (Fsp3) is 0.350. The number of phenolic OH excluding ortho intramolecular Hbond substituents is 1. The lowest BCUT2D eigenvalue weighted by atomic mass is 10.1. The zero-order valence-electron chi connectivity index (χ0n) is 15.9. The van der Waals surface area contributed by atoms with Gasteiger partial charge >= 0.3 is 12.2 Å². The number of rotatable bonds is 9. The van der Waals surface area contributed by atoms with Crippen molar-refractivity contribution in [1.29, 1.82) is 0 Å². The van der Waals surface area contributed by atoms with Crippen LogP contribution in [0.25, 0.3) is 0 Å². The van der Waals surface area contributed by atoms with E-state index in [-0.39, 0.29) is 24.9 Å². The predicted molar refractivity (Wildman–Crippen MR) is 101 cm³/mol. The van der Waals surface area contributed by atoms with Crippen molar-refractivity contribution in [2.75, 3.05) is 20.3 Å². The molecule has 0 fully saturated rings. The highest BCUT2D eigenvalue weighted by atomic mass is 19.4. The van der Waals surface area contributed by atoms with Gasteiger partial charge in [0.1, 0.15) is 6.61 Å². The lowest BCUT2D eigenvalue weighted by Crippen LogP contribution is -2.36. The van der Waals surface area contributed by atoms with Crippen molar-refractivity contribution in [3.05, 3.63) is 59.2 Å². The topological polar surface area (TPSA) is 79.8 Å². The maximum atomic E-state index is 12.0. The van der Waals surface area contributed by atoms with Gasteiger partial charge in [-0.2, -0.15) is 13.2 Å². The molecule has 0 saturated heterocycles. The van der Waals surface area contributed by atoms with E-state index < -0.39 is 12.8 Å². The Morgan fingerprint density at radius 1 is 1.03 bits per heavy atom. The van der Waals surface area contributed by atoms with E-state index in [2.05, 4.69) is 15.4 Å². The Hall–Kier alpha value is -2.94. The Bertz CT molecular complexity index is 795. The molecular formula is C20H23F3N2O4. The molecule has 2 amide bonds. The Balaban J connectivity index is 1.68. The highest BCUT2D eigenvalue weighted by Gasteiger charge is 2.27. The smallest absolute Gasteiger partial charge is 0.411 e. The van der Waals surface area contributed by atoms with E-state index in [1.807, 2.05) is 0 Å². The van der Waals surface area contributed by atoms with Crippen LogP contribution in [0.4, 0.5) is 18.0 Å². The summed E-state index contributed by atoms with van der Waals surface area (Å²) >= 11 is 0. The third-order valence-corrected chi connectivity index (χ3v) is 3.95. The number of nitrogens with one attached hydrogen (secondary N) is 2. The lowest BCUT2D eigenvalue weighted by Gasteiger charge is -2.10. The van der Waals surface area contributed by atoms with Gasteiger partial charge in [-0.3, -0.25) is 0 Å². The summed E-state index contributed by atoms with van der Waals surface area (Å²) in [7, 11) is 1.46. The average molecular weight is 412 g/mol. The van der Waals surface area contributed by atoms with Crippen LogP contribution < -0.4 is 15.4 Å². The summed E-state index contributed by atoms with van der Waals surface area (Å²) in [5.41, 5.74) is 2.33. The fourth-order valence-corrected chi connectivity index (χ4v) is 2.48. The molecule has 158 valence electrons. The number of alkyl halides is 3. The first-order valence-corrected chi connectivity index (χ1v) is 8.87. The molecular weight excluding hydrogens is 389 g/mol. The molecule has 0 spiro atoms. The van der Waals surface area contributed by atoms with Crippen molar-refractivity contribution >= 4 is 6.03 Å². The second-order valence-corrected chi connectivity index (χ2v) is 6.29. The predicted octanol–water partition coefficient (Wildman–Crippen LogP) is 3.52. The van der Waals surface area contributed by atoms with Crippen LogP contribution in [-0.2, 0) is 24.3 Å². The largest absolute Gasteiger partial charge is 0.504 e. The van der Waals surface area contributed by atoms with E-state index in [9.17, 15) is 23.1 Å². The third-order valence-electron chi connectivity index (χ3n) is 3.95. The van der Waals surface area contributed by atoms with Crippen LogP contribution in [0.15, 0.2) is 42.5 Å². The highest BCUT2D eigenvalue weighted by molar-refractivity contribution is 5.73. The van der Waals surface area contributed by atoms with Gasteiger partial charge < -0.3 is 25.2 Å². The van der Waals surface area contributed by atoms with Gasteiger partial charge in [0.15, 0.2) is 11.5 Å². The van der Waals surface area contributed by atoms with E-state index >= 15 is 0 Å². The quantitative estimate of drug-likeness (QED) is 0.589. The zero-order valence-corrected chi connectivity index (χ0v) is 15.9. The van der Waals surface area contributed by atoms with Gasteiger partial charge in [0.2, 0.25) is 0 Å². The van der Waals surface area contributed by atoms with Gasteiger partial charge in [-0.15, -0.1) is 0 Å². The van der Waals surface area contributed by atoms with Crippen LogP contribution >= 0.6 is 0 Å². The van der Waals surface area contributed by atoms with Crippen LogP contribution in [0.1, 0.15) is 16.7 Å². The van der Waals surface area contributed by atoms with E-state index in [1.54, 1.807) is 36.4 Å². The summed E-state index contributed by atoms with van der Waals surface area (Å²) in [5, 5.41) is 15.0. The van der Waals surface area contributed by atoms with Crippen LogP contribution in [0.5, 0.6) is 11.5 Å². The summed E-state index contributed by atoms with van der Waals surface area (Å²) in [4.78, 5) is 11.9. The number of benzene rings is 2. The van der Waals surface area contributed by atoms with Gasteiger partial charge in [0.05, 0.1) is 13.7 Å². The molecule has 6 nitrogen and oxygen atoms in total. The van der Waals surface area contributed by atoms with Gasteiger partial charge in [0, 0.05) is 13.1 Å². The molecule has 0 saturated carbocycles. The number of carbonyl (C=O) groups excluding carboxylic acids is 1. The lowest BCUT2D eigenvalue weighted by molar-refractivity contribution is -0.176. The van der Waals surface area contributed by atoms with Crippen molar-refractivity contribution in [3.8, 4) is 11.5 Å². The van der Waals surface area contributed by atoms with Crippen LogP contribution in [0.2, 0.25) is 0 Å². The normalized spacial score (nSPS) is 11.2. The molecule has 0 heterocycles. The molecule has 2 rings (SSSR count). The fourth-order valence-electron chi connectivity index (χ4n) is 2.48. The van der Waals surface area contributed by atoms with Crippen molar-refractivity contribution < 1.29 is 32.5 Å². The third kappa shape index (κ3) is 8.30. The van der Waals surface area contributed by atoms with Crippen molar-refractivity contribution in [2.45, 2.75) is 25.7 Å². The molecule has 3 N–H and O–H groups in total. The Kier molecular flexibility index (Phi) is 8.14. The molecule has 29 heavy (non-hydrogen) atoms. The Morgan fingerprint density at radius 3 is 2.34 bits per heavy atom. The molecule has 0 unspecified atom stereocenters. The molecule has 0 atom stereocenters. The number of halogens is 3. The second kappa shape index (κ2) is 10.6. The second-order valence-electron chi connectivity index (χ2n) is 6.29. The summed E-state index contributed by atoms with van der Waals surface area (Å²) in [6.07, 6.45) is -3.78. The summed E-state index contributed by atoms with van der Waals surface area (Å²) < 4.78 is 45.8. The van der Waals surface area contributed by atoms with E-state index in [0.29, 0.717) is 24.3 Å². The molecule has 0 aromatic heterocycles. The maximum absolute atomic E-state index is 12.0. The first kappa shape index (κ1) is 22.4. The molecule has 0 radical (unpaired) electrons. The van der Waals surface area contributed by atoms with Crippen LogP contribution in [0.3, 0.4) is 0 Å². The molecule has 0 bridgehead atoms. The van der Waals surface area contributed by atoms with Crippen LogP contribution in [-0.4, -0.2) is 37.6 Å². The summed E-state index contributed by atoms with van der Waals surface area (Å²) in [6.45, 7) is -0.735. The van der Waals surface area contributed by atoms with Gasteiger partial charge in [0.25, 0.3) is 0 Å². The minimum Gasteiger partial charge on any atom is -0.504 e. The number of carbonyl (C=O) groups is 1. The minimum absolute atomic E-state index is 0.0554. The van der Waals surface area contributed by atoms with E-state index in [0.717, 1.165) is 11.1 Å². The number of aromatic hydroxyl groups is 1. The molecule has 0 aliphatic carbocycles. The Labute approximate surface area is 166 Å². The number of hydrogen-bond acceptors (Lipinski definition) is 4. The average Bonchev–Trinajstić information content (AvgIpc) is 2.67. The summed E-state index contributed by atoms with van der Waals surface area (Å²) in [5.74, 6) is 0.430. The minimum atomic E-state index is -4.34. The Morgan fingerprint density at radius 2 is 1.69 bits per heavy atom. The van der Waals surface area contributed by atoms with Crippen molar-refractivity contribution in [2.24, 2.45) is 0 Å². The summed E-state index contributed by atoms with van der Waals surface area (Å²) in [6, 6.07) is 11.4. The molecule has 2 aromatic rings. The number of hydrogen-bond donors (Lipinski definition) is 3. The molecule has 2 aromatic carbocycles. The molecule has 9 heteroatoms. The van der Waals surface area contributed by atoms with Crippen molar-refractivity contribution in [1.82, 2.24) is 10.6 Å². The standard InChI is InChI=1S/C20H23F3N2O4/c1-28-18-10-14(6-7-17(18)26)8-9-24-19(27)25-11-15-2-4-16(5-3-15)12-29-13-20(21,22)23/h2-7,10,26H,8-9,11-13H2,1H3,(H2,24,25,27).